The van der Waals surface area contributed by atoms with Crippen LogP contribution < -0.4 is 9.47 Å². The maximum absolute atomic E-state index is 12.3. The van der Waals surface area contributed by atoms with Crippen molar-refractivity contribution in [2.75, 3.05) is 0 Å². The summed E-state index contributed by atoms with van der Waals surface area (Å²) in [6, 6.07) is 9.74. The summed E-state index contributed by atoms with van der Waals surface area (Å²) in [6.45, 7) is 0. The van der Waals surface area contributed by atoms with Crippen LogP contribution in [0.25, 0.3) is 11.1 Å². The molecule has 0 saturated heterocycles. The van der Waals surface area contributed by atoms with Gasteiger partial charge < -0.3 is 9.47 Å². The Morgan fingerprint density at radius 3 is 1.73 bits per heavy atom. The first-order valence-corrected chi connectivity index (χ1v) is 5.85. The summed E-state index contributed by atoms with van der Waals surface area (Å²) >= 11 is 0. The van der Waals surface area contributed by atoms with E-state index in [1.54, 1.807) is 0 Å². The van der Waals surface area contributed by atoms with Crippen LogP contribution in [0.1, 0.15) is 0 Å². The molecule has 0 saturated carbocycles. The number of hydrogen-bond acceptors (Lipinski definition) is 2. The molecule has 0 heterocycles. The van der Waals surface area contributed by atoms with Gasteiger partial charge in [0.25, 0.3) is 0 Å². The van der Waals surface area contributed by atoms with Crippen molar-refractivity contribution < 1.29 is 35.8 Å². The lowest BCUT2D eigenvalue weighted by molar-refractivity contribution is -0.275. The molecule has 0 aliphatic heterocycles. The lowest BCUT2D eigenvalue weighted by Gasteiger charge is -2.14. The standard InChI is InChI=1S/C14H8F6O2/c15-13(16,17)21-10-7-5-9(6-8-10)11-3-1-2-4-12(11)22-14(18,19)20/h1-8H. The minimum Gasteiger partial charge on any atom is -0.406 e. The average molecular weight is 322 g/mol. The van der Waals surface area contributed by atoms with Gasteiger partial charge in [-0.1, -0.05) is 30.3 Å². The summed E-state index contributed by atoms with van der Waals surface area (Å²) in [5, 5.41) is 0. The van der Waals surface area contributed by atoms with Gasteiger partial charge in [0.1, 0.15) is 11.5 Å². The molecule has 0 aliphatic carbocycles. The van der Waals surface area contributed by atoms with E-state index in [1.165, 1.54) is 30.3 Å². The number of ether oxygens (including phenoxy) is 2. The Hall–Kier alpha value is -2.38. The van der Waals surface area contributed by atoms with Crippen molar-refractivity contribution in [1.82, 2.24) is 0 Å². The molecule has 2 nitrogen and oxygen atoms in total. The molecule has 0 amide bonds. The Morgan fingerprint density at radius 2 is 1.18 bits per heavy atom. The van der Waals surface area contributed by atoms with Gasteiger partial charge >= 0.3 is 12.7 Å². The molecule has 0 radical (unpaired) electrons. The zero-order chi connectivity index (χ0) is 16.4. The van der Waals surface area contributed by atoms with Crippen molar-refractivity contribution in [2.45, 2.75) is 12.7 Å². The topological polar surface area (TPSA) is 18.5 Å². The number of rotatable bonds is 3. The second kappa shape index (κ2) is 5.78. The van der Waals surface area contributed by atoms with E-state index >= 15 is 0 Å². The molecule has 22 heavy (non-hydrogen) atoms. The first-order valence-electron chi connectivity index (χ1n) is 5.85. The minimum atomic E-state index is -4.87. The lowest BCUT2D eigenvalue weighted by Crippen LogP contribution is -2.17. The molecule has 0 atom stereocenters. The monoisotopic (exact) mass is 322 g/mol. The van der Waals surface area contributed by atoms with E-state index in [-0.39, 0.29) is 11.1 Å². The summed E-state index contributed by atoms with van der Waals surface area (Å²) in [6.07, 6.45) is -9.70. The highest BCUT2D eigenvalue weighted by atomic mass is 19.4. The number of halogens is 6. The summed E-state index contributed by atoms with van der Waals surface area (Å²) in [5.41, 5.74) is 0.354. The van der Waals surface area contributed by atoms with Gasteiger partial charge in [0.2, 0.25) is 0 Å². The summed E-state index contributed by atoms with van der Waals surface area (Å²) in [5.74, 6) is -0.912. The van der Waals surface area contributed by atoms with Crippen LogP contribution in [-0.2, 0) is 0 Å². The van der Waals surface area contributed by atoms with Crippen molar-refractivity contribution in [3.8, 4) is 22.6 Å². The van der Waals surface area contributed by atoms with Crippen LogP contribution in [0.4, 0.5) is 26.3 Å². The quantitative estimate of drug-likeness (QED) is 0.728. The number of hydrogen-bond donors (Lipinski definition) is 0. The van der Waals surface area contributed by atoms with E-state index in [0.717, 1.165) is 18.2 Å². The third-order valence-corrected chi connectivity index (χ3v) is 2.51. The second-order valence-electron chi connectivity index (χ2n) is 4.12. The number of benzene rings is 2. The van der Waals surface area contributed by atoms with Gasteiger partial charge in [-0.3, -0.25) is 0 Å². The molecule has 2 rings (SSSR count). The Balaban J connectivity index is 2.29. The second-order valence-corrected chi connectivity index (χ2v) is 4.12. The molecule has 0 aromatic heterocycles. The molecule has 0 fully saturated rings. The fourth-order valence-electron chi connectivity index (χ4n) is 1.75. The highest BCUT2D eigenvalue weighted by Crippen LogP contribution is 2.34. The van der Waals surface area contributed by atoms with E-state index in [0.29, 0.717) is 0 Å². The first kappa shape index (κ1) is 16.0. The van der Waals surface area contributed by atoms with Gasteiger partial charge in [0.05, 0.1) is 0 Å². The summed E-state index contributed by atoms with van der Waals surface area (Å²) in [7, 11) is 0. The third kappa shape index (κ3) is 4.57. The van der Waals surface area contributed by atoms with Crippen LogP contribution >= 0.6 is 0 Å². The molecule has 0 spiro atoms. The van der Waals surface area contributed by atoms with Gasteiger partial charge in [0.15, 0.2) is 0 Å². The third-order valence-electron chi connectivity index (χ3n) is 2.51. The number of para-hydroxylation sites is 1. The zero-order valence-corrected chi connectivity index (χ0v) is 10.7. The summed E-state index contributed by atoms with van der Waals surface area (Å²) < 4.78 is 80.7. The van der Waals surface area contributed by atoms with Crippen molar-refractivity contribution in [1.29, 1.82) is 0 Å². The van der Waals surface area contributed by atoms with E-state index in [9.17, 15) is 26.3 Å². The maximum atomic E-state index is 12.3. The fourth-order valence-corrected chi connectivity index (χ4v) is 1.75. The number of alkyl halides is 6. The largest absolute Gasteiger partial charge is 0.573 e. The zero-order valence-electron chi connectivity index (χ0n) is 10.7. The lowest BCUT2D eigenvalue weighted by atomic mass is 10.0. The van der Waals surface area contributed by atoms with Crippen LogP contribution in [0, 0.1) is 0 Å². The van der Waals surface area contributed by atoms with Crippen LogP contribution in [0.2, 0.25) is 0 Å². The van der Waals surface area contributed by atoms with Gasteiger partial charge in [0, 0.05) is 5.56 Å². The Morgan fingerprint density at radius 1 is 0.636 bits per heavy atom. The van der Waals surface area contributed by atoms with Gasteiger partial charge in [-0.25, -0.2) is 0 Å². The Bertz CT molecular complexity index is 631. The van der Waals surface area contributed by atoms with Gasteiger partial charge in [-0.2, -0.15) is 0 Å². The van der Waals surface area contributed by atoms with Crippen molar-refractivity contribution in [2.24, 2.45) is 0 Å². The molecule has 0 bridgehead atoms. The Kier molecular flexibility index (Phi) is 4.20. The molecule has 118 valence electrons. The van der Waals surface area contributed by atoms with E-state index < -0.39 is 24.2 Å². The van der Waals surface area contributed by atoms with E-state index in [2.05, 4.69) is 9.47 Å². The van der Waals surface area contributed by atoms with E-state index in [1.807, 2.05) is 0 Å². The van der Waals surface area contributed by atoms with Crippen LogP contribution in [-0.4, -0.2) is 12.7 Å². The average Bonchev–Trinajstić information content (AvgIpc) is 2.37. The summed E-state index contributed by atoms with van der Waals surface area (Å²) in [4.78, 5) is 0. The molecular weight excluding hydrogens is 314 g/mol. The normalized spacial score (nSPS) is 12.1. The molecule has 8 heteroatoms. The van der Waals surface area contributed by atoms with Crippen molar-refractivity contribution in [3.63, 3.8) is 0 Å². The molecule has 0 unspecified atom stereocenters. The first-order chi connectivity index (χ1) is 10.1. The predicted molar refractivity (Wildman–Crippen MR) is 65.2 cm³/mol. The van der Waals surface area contributed by atoms with Gasteiger partial charge in [-0.15, -0.1) is 26.3 Å². The van der Waals surface area contributed by atoms with Crippen LogP contribution in [0.5, 0.6) is 11.5 Å². The molecule has 2 aromatic carbocycles. The van der Waals surface area contributed by atoms with E-state index in [4.69, 9.17) is 0 Å². The molecule has 0 aliphatic rings. The van der Waals surface area contributed by atoms with Crippen molar-refractivity contribution >= 4 is 0 Å². The van der Waals surface area contributed by atoms with Crippen LogP contribution in [0.3, 0.4) is 0 Å². The predicted octanol–water partition coefficient (Wildman–Crippen LogP) is 5.15. The Labute approximate surface area is 120 Å². The van der Waals surface area contributed by atoms with Gasteiger partial charge in [-0.05, 0) is 23.8 Å². The SMILES string of the molecule is FC(F)(F)Oc1ccc(-c2ccccc2OC(F)(F)F)cc1. The smallest absolute Gasteiger partial charge is 0.406 e. The minimum absolute atomic E-state index is 0.0957. The van der Waals surface area contributed by atoms with Crippen molar-refractivity contribution in [3.05, 3.63) is 48.5 Å². The molecular formula is C14H8F6O2. The highest BCUT2D eigenvalue weighted by Gasteiger charge is 2.32. The molecule has 2 aromatic rings. The molecule has 0 N–H and O–H groups in total. The van der Waals surface area contributed by atoms with Crippen LogP contribution in [0.15, 0.2) is 48.5 Å². The maximum Gasteiger partial charge on any atom is 0.573 e. The fraction of sp³-hybridized carbons (Fsp3) is 0.143. The highest BCUT2D eigenvalue weighted by molar-refractivity contribution is 5.70.